The number of carboxylic acids is 1. The van der Waals surface area contributed by atoms with Gasteiger partial charge >= 0.3 is 5.97 Å². The van der Waals surface area contributed by atoms with Gasteiger partial charge < -0.3 is 15.2 Å². The van der Waals surface area contributed by atoms with Crippen LogP contribution < -0.4 is 10.1 Å². The highest BCUT2D eigenvalue weighted by Gasteiger charge is 2.42. The quantitative estimate of drug-likeness (QED) is 0.774. The number of rotatable bonds is 6. The summed E-state index contributed by atoms with van der Waals surface area (Å²) >= 11 is 0. The van der Waals surface area contributed by atoms with E-state index >= 15 is 0 Å². The van der Waals surface area contributed by atoms with E-state index in [0.29, 0.717) is 12.8 Å². The van der Waals surface area contributed by atoms with E-state index in [9.17, 15) is 23.1 Å². The van der Waals surface area contributed by atoms with Crippen LogP contribution >= 0.6 is 0 Å². The number of hydrogen-bond acceptors (Lipinski definition) is 5. The van der Waals surface area contributed by atoms with Gasteiger partial charge in [-0.2, -0.15) is 0 Å². The lowest BCUT2D eigenvalue weighted by atomic mass is 9.97. The molecule has 1 aliphatic rings. The molecule has 9 heteroatoms. The smallest absolute Gasteiger partial charge is 0.329 e. The first-order valence-corrected chi connectivity index (χ1v) is 9.24. The van der Waals surface area contributed by atoms with Gasteiger partial charge in [0.05, 0.1) is 7.11 Å². The minimum absolute atomic E-state index is 0.0637. The molecule has 0 aliphatic heterocycles. The molecule has 0 spiro atoms. The maximum atomic E-state index is 12.5. The molecule has 2 N–H and O–H groups in total. The molecule has 1 aromatic carbocycles. The van der Waals surface area contributed by atoms with E-state index in [2.05, 4.69) is 5.32 Å². The molecule has 0 aromatic heterocycles. The van der Waals surface area contributed by atoms with Crippen molar-refractivity contribution < 1.29 is 27.9 Å². The van der Waals surface area contributed by atoms with Gasteiger partial charge in [0.15, 0.2) is 0 Å². The molecule has 1 aliphatic carbocycles. The molecule has 0 radical (unpaired) electrons. The van der Waals surface area contributed by atoms with Crippen LogP contribution in [0.5, 0.6) is 5.75 Å². The summed E-state index contributed by atoms with van der Waals surface area (Å²) in [5.74, 6) is -1.59. The van der Waals surface area contributed by atoms with Crippen LogP contribution in [0.25, 0.3) is 0 Å². The van der Waals surface area contributed by atoms with Gasteiger partial charge in [-0.25, -0.2) is 17.5 Å². The van der Waals surface area contributed by atoms with Gasteiger partial charge in [0.1, 0.15) is 16.2 Å². The number of carbonyl (C=O) groups excluding carboxylic acids is 1. The van der Waals surface area contributed by atoms with Gasteiger partial charge in [0.25, 0.3) is 5.91 Å². The molecule has 1 saturated carbocycles. The molecule has 0 heterocycles. The van der Waals surface area contributed by atoms with Crippen molar-refractivity contribution in [3.63, 3.8) is 0 Å². The zero-order chi connectivity index (χ0) is 18.8. The molecular weight excluding hydrogens is 348 g/mol. The fourth-order valence-corrected chi connectivity index (χ4v) is 3.95. The Labute approximate surface area is 146 Å². The van der Waals surface area contributed by atoms with Crippen molar-refractivity contribution in [1.29, 1.82) is 0 Å². The summed E-state index contributed by atoms with van der Waals surface area (Å²) in [7, 11) is 0.262. The Hall–Kier alpha value is -2.13. The first-order valence-electron chi connectivity index (χ1n) is 7.80. The standard InChI is InChI=1S/C16H22N2O6S/c1-18(2)25(22,23)13-10-11(6-7-12(13)24-3)14(19)17-16(15(20)21)8-4-5-9-16/h6-7,10H,4-5,8-9H2,1-3H3,(H,17,19)(H,20,21). The number of ether oxygens (including phenoxy) is 1. The molecule has 2 rings (SSSR count). The largest absolute Gasteiger partial charge is 0.495 e. The Morgan fingerprint density at radius 1 is 1.24 bits per heavy atom. The Morgan fingerprint density at radius 3 is 2.32 bits per heavy atom. The molecular formula is C16H22N2O6S. The van der Waals surface area contributed by atoms with Gasteiger partial charge in [-0.15, -0.1) is 0 Å². The molecule has 138 valence electrons. The molecule has 1 amide bonds. The Balaban J connectivity index is 2.40. The first-order chi connectivity index (χ1) is 11.6. The van der Waals surface area contributed by atoms with Crippen molar-refractivity contribution in [3.8, 4) is 5.75 Å². The fourth-order valence-electron chi connectivity index (χ4n) is 2.88. The number of nitrogens with zero attached hydrogens (tertiary/aromatic N) is 1. The van der Waals surface area contributed by atoms with Crippen molar-refractivity contribution in [1.82, 2.24) is 9.62 Å². The molecule has 0 bridgehead atoms. The number of carboxylic acid groups (broad SMARTS) is 1. The van der Waals surface area contributed by atoms with Crippen LogP contribution in [0.15, 0.2) is 23.1 Å². The molecule has 0 unspecified atom stereocenters. The van der Waals surface area contributed by atoms with Crippen LogP contribution in [0.4, 0.5) is 0 Å². The van der Waals surface area contributed by atoms with Crippen LogP contribution in [0.1, 0.15) is 36.0 Å². The highest BCUT2D eigenvalue weighted by Crippen LogP contribution is 2.31. The third kappa shape index (κ3) is 3.62. The van der Waals surface area contributed by atoms with Gasteiger partial charge in [-0.1, -0.05) is 12.8 Å². The number of aliphatic carboxylic acids is 1. The number of carbonyl (C=O) groups is 2. The monoisotopic (exact) mass is 370 g/mol. The third-order valence-electron chi connectivity index (χ3n) is 4.40. The van der Waals surface area contributed by atoms with Crippen molar-refractivity contribution in [3.05, 3.63) is 23.8 Å². The highest BCUT2D eigenvalue weighted by atomic mass is 32.2. The lowest BCUT2D eigenvalue weighted by Crippen LogP contribution is -2.52. The van der Waals surface area contributed by atoms with E-state index in [0.717, 1.165) is 17.1 Å². The van der Waals surface area contributed by atoms with Crippen LogP contribution in [0.2, 0.25) is 0 Å². The lowest BCUT2D eigenvalue weighted by molar-refractivity contribution is -0.144. The number of methoxy groups -OCH3 is 1. The van der Waals surface area contributed by atoms with E-state index in [1.54, 1.807) is 0 Å². The Morgan fingerprint density at radius 2 is 1.84 bits per heavy atom. The highest BCUT2D eigenvalue weighted by molar-refractivity contribution is 7.89. The summed E-state index contributed by atoms with van der Waals surface area (Å²) in [6, 6.07) is 3.99. The van der Waals surface area contributed by atoms with Gasteiger partial charge in [-0.05, 0) is 31.0 Å². The van der Waals surface area contributed by atoms with Gasteiger partial charge in [0, 0.05) is 19.7 Å². The zero-order valence-corrected chi connectivity index (χ0v) is 15.2. The molecule has 8 nitrogen and oxygen atoms in total. The average molecular weight is 370 g/mol. The Bertz CT molecular complexity index is 782. The van der Waals surface area contributed by atoms with Crippen LogP contribution in [0.3, 0.4) is 0 Å². The van der Waals surface area contributed by atoms with Gasteiger partial charge in [-0.3, -0.25) is 4.79 Å². The summed E-state index contributed by atoms with van der Waals surface area (Å²) in [6.45, 7) is 0. The summed E-state index contributed by atoms with van der Waals surface area (Å²) in [6.07, 6.45) is 2.14. The predicted molar refractivity (Wildman–Crippen MR) is 90.2 cm³/mol. The second-order valence-electron chi connectivity index (χ2n) is 6.20. The number of sulfonamides is 1. The number of hydrogen-bond donors (Lipinski definition) is 2. The van der Waals surface area contributed by atoms with Gasteiger partial charge in [0.2, 0.25) is 10.0 Å². The van der Waals surface area contributed by atoms with Crippen LogP contribution in [0, 0.1) is 0 Å². The third-order valence-corrected chi connectivity index (χ3v) is 6.24. The second-order valence-corrected chi connectivity index (χ2v) is 8.32. The van der Waals surface area contributed by atoms with E-state index in [1.807, 2.05) is 0 Å². The maximum absolute atomic E-state index is 12.5. The van der Waals surface area contributed by atoms with Crippen molar-refractivity contribution >= 4 is 21.9 Å². The molecule has 1 fully saturated rings. The molecule has 0 saturated heterocycles. The molecule has 25 heavy (non-hydrogen) atoms. The second kappa shape index (κ2) is 7.01. The minimum Gasteiger partial charge on any atom is -0.495 e. The summed E-state index contributed by atoms with van der Waals surface area (Å²) in [5, 5.41) is 12.0. The first kappa shape index (κ1) is 19.2. The van der Waals surface area contributed by atoms with Crippen LogP contribution in [-0.2, 0) is 14.8 Å². The summed E-state index contributed by atoms with van der Waals surface area (Å²) in [5.41, 5.74) is -1.23. The maximum Gasteiger partial charge on any atom is 0.329 e. The zero-order valence-electron chi connectivity index (χ0n) is 14.4. The van der Waals surface area contributed by atoms with E-state index in [4.69, 9.17) is 4.74 Å². The predicted octanol–water partition coefficient (Wildman–Crippen LogP) is 1.07. The fraction of sp³-hybridized carbons (Fsp3) is 0.500. The van der Waals surface area contributed by atoms with Crippen molar-refractivity contribution in [2.75, 3.05) is 21.2 Å². The normalized spacial score (nSPS) is 16.6. The SMILES string of the molecule is COc1ccc(C(=O)NC2(C(=O)O)CCCC2)cc1S(=O)(=O)N(C)C. The van der Waals surface area contributed by atoms with E-state index < -0.39 is 27.4 Å². The summed E-state index contributed by atoms with van der Waals surface area (Å²) < 4.78 is 30.9. The van der Waals surface area contributed by atoms with Crippen molar-refractivity contribution in [2.45, 2.75) is 36.1 Å². The number of benzene rings is 1. The number of amides is 1. The van der Waals surface area contributed by atoms with Crippen LogP contribution in [-0.4, -0.2) is 56.5 Å². The molecule has 1 aromatic rings. The minimum atomic E-state index is -3.82. The van der Waals surface area contributed by atoms with E-state index in [1.165, 1.54) is 39.4 Å². The van der Waals surface area contributed by atoms with E-state index in [-0.39, 0.29) is 16.2 Å². The lowest BCUT2D eigenvalue weighted by Gasteiger charge is -2.25. The number of nitrogens with one attached hydrogen (secondary N) is 1. The summed E-state index contributed by atoms with van der Waals surface area (Å²) in [4.78, 5) is 24.0. The van der Waals surface area contributed by atoms with Crippen molar-refractivity contribution in [2.24, 2.45) is 0 Å². The molecule has 0 atom stereocenters. The average Bonchev–Trinajstić information content (AvgIpc) is 3.03. The Kier molecular flexibility index (Phi) is 5.38. The topological polar surface area (TPSA) is 113 Å².